The summed E-state index contributed by atoms with van der Waals surface area (Å²) < 4.78 is 4.24. The van der Waals surface area contributed by atoms with Crippen LogP contribution in [0.3, 0.4) is 0 Å². The third kappa shape index (κ3) is 8.44. The van der Waals surface area contributed by atoms with Crippen molar-refractivity contribution in [1.82, 2.24) is 10.6 Å². The van der Waals surface area contributed by atoms with E-state index < -0.39 is 28.5 Å². The molecule has 2 amide bonds. The minimum atomic E-state index is -1.17. The first kappa shape index (κ1) is 19.6. The van der Waals surface area contributed by atoms with E-state index in [4.69, 9.17) is 4.74 Å². The van der Waals surface area contributed by atoms with Crippen molar-refractivity contribution in [3.63, 3.8) is 0 Å². The Balaban J connectivity index is 4.76. The number of carbonyl (C=O) groups is 3. The lowest BCUT2D eigenvalue weighted by Crippen LogP contribution is -2.54. The number of hydrogen-bond acceptors (Lipinski definition) is 5. The van der Waals surface area contributed by atoms with E-state index in [1.165, 1.54) is 18.7 Å². The van der Waals surface area contributed by atoms with Gasteiger partial charge in [-0.1, -0.05) is 0 Å². The van der Waals surface area contributed by atoms with Crippen LogP contribution in [-0.4, -0.2) is 45.3 Å². The lowest BCUT2D eigenvalue weighted by Gasteiger charge is -2.32. The standard InChI is InChI=1S/C13H24N2O5S/c1-8(16)14-7-21-13(5,6)9(10(17)18)15-11(19)20-12(2,3)4/h9H,7H2,1-6H3,(H,14,16)(H,15,19)(H,17,18)/t9-/m1/s1. The quantitative estimate of drug-likeness (QED) is 0.642. The zero-order valence-corrected chi connectivity index (χ0v) is 14.1. The average Bonchev–Trinajstić information content (AvgIpc) is 2.21. The van der Waals surface area contributed by atoms with Gasteiger partial charge in [0.25, 0.3) is 0 Å². The van der Waals surface area contributed by atoms with Crippen molar-refractivity contribution >= 4 is 29.7 Å². The molecular formula is C13H24N2O5S. The Morgan fingerprint density at radius 3 is 2.10 bits per heavy atom. The SMILES string of the molecule is CC(=O)NCSC(C)(C)[C@H](NC(=O)OC(C)(C)C)C(=O)O. The predicted molar refractivity (Wildman–Crippen MR) is 81.1 cm³/mol. The fourth-order valence-corrected chi connectivity index (χ4v) is 2.34. The fraction of sp³-hybridized carbons (Fsp3) is 0.769. The lowest BCUT2D eigenvalue weighted by molar-refractivity contribution is -0.140. The van der Waals surface area contributed by atoms with E-state index in [1.807, 2.05) is 0 Å². The smallest absolute Gasteiger partial charge is 0.408 e. The van der Waals surface area contributed by atoms with Gasteiger partial charge in [0, 0.05) is 11.7 Å². The first-order valence-electron chi connectivity index (χ1n) is 6.46. The summed E-state index contributed by atoms with van der Waals surface area (Å²) in [4.78, 5) is 33.9. The molecule has 7 nitrogen and oxygen atoms in total. The van der Waals surface area contributed by atoms with E-state index in [2.05, 4.69) is 10.6 Å². The van der Waals surface area contributed by atoms with Gasteiger partial charge in [-0.2, -0.15) is 0 Å². The highest BCUT2D eigenvalue weighted by atomic mass is 32.2. The minimum Gasteiger partial charge on any atom is -0.480 e. The number of thioether (sulfide) groups is 1. The van der Waals surface area contributed by atoms with Crippen molar-refractivity contribution in [3.05, 3.63) is 0 Å². The van der Waals surface area contributed by atoms with E-state index in [1.54, 1.807) is 34.6 Å². The Morgan fingerprint density at radius 1 is 1.19 bits per heavy atom. The number of rotatable bonds is 6. The van der Waals surface area contributed by atoms with E-state index in [0.717, 1.165) is 0 Å². The summed E-state index contributed by atoms with van der Waals surface area (Å²) in [5.74, 6) is -1.12. The third-order valence-corrected chi connectivity index (χ3v) is 3.64. The highest BCUT2D eigenvalue weighted by Gasteiger charge is 2.38. The summed E-state index contributed by atoms with van der Waals surface area (Å²) >= 11 is 1.22. The number of carbonyl (C=O) groups excluding carboxylic acids is 2. The molecule has 0 saturated carbocycles. The van der Waals surface area contributed by atoms with Crippen LogP contribution < -0.4 is 10.6 Å². The van der Waals surface area contributed by atoms with Crippen LogP contribution >= 0.6 is 11.8 Å². The molecule has 0 unspecified atom stereocenters. The van der Waals surface area contributed by atoms with E-state index >= 15 is 0 Å². The molecule has 21 heavy (non-hydrogen) atoms. The molecule has 0 aliphatic rings. The van der Waals surface area contributed by atoms with Gasteiger partial charge in [-0.3, -0.25) is 4.79 Å². The van der Waals surface area contributed by atoms with E-state index in [0.29, 0.717) is 0 Å². The summed E-state index contributed by atoms with van der Waals surface area (Å²) in [7, 11) is 0. The molecule has 0 rings (SSSR count). The minimum absolute atomic E-state index is 0.203. The lowest BCUT2D eigenvalue weighted by atomic mass is 10.0. The van der Waals surface area contributed by atoms with Crippen molar-refractivity contribution in [2.75, 3.05) is 5.88 Å². The predicted octanol–water partition coefficient (Wildman–Crippen LogP) is 1.57. The second kappa shape index (κ2) is 7.53. The van der Waals surface area contributed by atoms with Crippen LogP contribution in [0.5, 0.6) is 0 Å². The molecule has 3 N–H and O–H groups in total. The van der Waals surface area contributed by atoms with Crippen LogP contribution in [-0.2, 0) is 14.3 Å². The number of aliphatic carboxylic acids is 1. The zero-order valence-electron chi connectivity index (χ0n) is 13.3. The molecular weight excluding hydrogens is 296 g/mol. The number of nitrogens with one attached hydrogen (secondary N) is 2. The maximum Gasteiger partial charge on any atom is 0.408 e. The number of carboxylic acid groups (broad SMARTS) is 1. The monoisotopic (exact) mass is 320 g/mol. The first-order chi connectivity index (χ1) is 9.35. The van der Waals surface area contributed by atoms with Crippen molar-refractivity contribution in [3.8, 4) is 0 Å². The molecule has 0 spiro atoms. The number of hydrogen-bond donors (Lipinski definition) is 3. The highest BCUT2D eigenvalue weighted by Crippen LogP contribution is 2.28. The van der Waals surface area contributed by atoms with Gasteiger partial charge in [-0.05, 0) is 34.6 Å². The van der Waals surface area contributed by atoms with Crippen LogP contribution in [0.2, 0.25) is 0 Å². The molecule has 0 bridgehead atoms. The highest BCUT2D eigenvalue weighted by molar-refractivity contribution is 8.00. The average molecular weight is 320 g/mol. The normalized spacial score (nSPS) is 13.2. The Morgan fingerprint density at radius 2 is 1.71 bits per heavy atom. The summed E-state index contributed by atoms with van der Waals surface area (Å²) in [6.45, 7) is 9.81. The van der Waals surface area contributed by atoms with E-state index in [-0.39, 0.29) is 11.8 Å². The zero-order chi connectivity index (χ0) is 16.8. The molecule has 122 valence electrons. The molecule has 0 heterocycles. The summed E-state index contributed by atoms with van der Waals surface area (Å²) in [6.07, 6.45) is -0.789. The molecule has 0 aliphatic carbocycles. The van der Waals surface area contributed by atoms with E-state index in [9.17, 15) is 19.5 Å². The largest absolute Gasteiger partial charge is 0.480 e. The molecule has 0 aromatic rings. The van der Waals surface area contributed by atoms with Crippen LogP contribution in [0.4, 0.5) is 4.79 Å². The molecule has 0 radical (unpaired) electrons. The number of ether oxygens (including phenoxy) is 1. The molecule has 1 atom stereocenters. The van der Waals surface area contributed by atoms with Gasteiger partial charge >= 0.3 is 12.1 Å². The van der Waals surface area contributed by atoms with Gasteiger partial charge in [0.05, 0.1) is 5.88 Å². The second-order valence-corrected chi connectivity index (χ2v) is 7.67. The molecule has 0 aromatic heterocycles. The maximum absolute atomic E-state index is 11.7. The van der Waals surface area contributed by atoms with Crippen molar-refractivity contribution in [2.45, 2.75) is 57.9 Å². The van der Waals surface area contributed by atoms with Gasteiger partial charge in [-0.25, -0.2) is 9.59 Å². The number of alkyl carbamates (subject to hydrolysis) is 1. The molecule has 0 saturated heterocycles. The Labute approximate surface area is 129 Å². The van der Waals surface area contributed by atoms with Crippen LogP contribution in [0, 0.1) is 0 Å². The topological polar surface area (TPSA) is 105 Å². The van der Waals surface area contributed by atoms with Gasteiger partial charge in [0.2, 0.25) is 5.91 Å². The first-order valence-corrected chi connectivity index (χ1v) is 7.44. The number of amides is 2. The summed E-state index contributed by atoms with van der Waals surface area (Å²) in [6, 6.07) is -1.15. The van der Waals surface area contributed by atoms with Crippen LogP contribution in [0.25, 0.3) is 0 Å². The summed E-state index contributed by atoms with van der Waals surface area (Å²) in [5, 5.41) is 14.2. The van der Waals surface area contributed by atoms with Gasteiger partial charge in [0.15, 0.2) is 0 Å². The maximum atomic E-state index is 11.7. The van der Waals surface area contributed by atoms with Gasteiger partial charge in [0.1, 0.15) is 11.6 Å². The van der Waals surface area contributed by atoms with Crippen LogP contribution in [0.15, 0.2) is 0 Å². The Bertz CT molecular complexity index is 404. The number of carboxylic acids is 1. The summed E-state index contributed by atoms with van der Waals surface area (Å²) in [5.41, 5.74) is -0.708. The van der Waals surface area contributed by atoms with Gasteiger partial charge in [-0.15, -0.1) is 11.8 Å². The van der Waals surface area contributed by atoms with Gasteiger partial charge < -0.3 is 20.5 Å². The Kier molecular flexibility index (Phi) is 7.02. The molecule has 0 aliphatic heterocycles. The second-order valence-electron chi connectivity index (χ2n) is 6.04. The molecule has 0 aromatic carbocycles. The van der Waals surface area contributed by atoms with Crippen molar-refractivity contribution in [1.29, 1.82) is 0 Å². The fourth-order valence-electron chi connectivity index (χ4n) is 1.37. The van der Waals surface area contributed by atoms with Crippen molar-refractivity contribution < 1.29 is 24.2 Å². The molecule has 8 heteroatoms. The van der Waals surface area contributed by atoms with Crippen molar-refractivity contribution in [2.24, 2.45) is 0 Å². The van der Waals surface area contributed by atoms with Crippen LogP contribution in [0.1, 0.15) is 41.5 Å². The Hall–Kier alpha value is -1.44. The third-order valence-electron chi connectivity index (χ3n) is 2.37. The molecule has 0 fully saturated rings.